The number of hydrogen-bond donors (Lipinski definition) is 3. The number of aromatic amines is 1. The number of H-pyrrole nitrogens is 1. The van der Waals surface area contributed by atoms with Crippen LogP contribution in [0.4, 0.5) is 31.9 Å². The van der Waals surface area contributed by atoms with E-state index in [1.807, 2.05) is 13.0 Å². The van der Waals surface area contributed by atoms with Crippen molar-refractivity contribution >= 4 is 35.0 Å². The summed E-state index contributed by atoms with van der Waals surface area (Å²) in [5, 5.41) is 13.3. The van der Waals surface area contributed by atoms with Crippen molar-refractivity contribution in [2.24, 2.45) is 0 Å². The Morgan fingerprint density at radius 1 is 1.02 bits per heavy atom. The van der Waals surface area contributed by atoms with E-state index in [1.54, 1.807) is 42.5 Å². The van der Waals surface area contributed by atoms with E-state index >= 15 is 4.39 Å². The Hall–Kier alpha value is -4.80. The summed E-state index contributed by atoms with van der Waals surface area (Å²) in [4.78, 5) is 33.1. The van der Waals surface area contributed by atoms with E-state index in [2.05, 4.69) is 25.8 Å². The molecule has 0 bridgehead atoms. The fourth-order valence-electron chi connectivity index (χ4n) is 4.41. The number of hydrogen-bond acceptors (Lipinski definition) is 6. The second-order valence-electron chi connectivity index (χ2n) is 10.2. The molecule has 212 valence electrons. The molecule has 11 heteroatoms. The molecule has 0 aliphatic heterocycles. The van der Waals surface area contributed by atoms with Crippen LogP contribution >= 0.6 is 0 Å². The minimum absolute atomic E-state index is 0.0753. The number of likely N-dealkylation sites (N-methyl/N-ethyl adjacent to an activating group) is 2. The van der Waals surface area contributed by atoms with Gasteiger partial charge in [-0.1, -0.05) is 30.3 Å². The molecule has 3 N–H and O–H groups in total. The Morgan fingerprint density at radius 2 is 1.73 bits per heavy atom. The van der Waals surface area contributed by atoms with Gasteiger partial charge in [-0.15, -0.1) is 0 Å². The SMILES string of the molecule is C[C@H](Nc1nc(Nc2cc(C3CC3)[nH]n2)c(F)cc1N(C)C(=O)CN(C)C(=O)c1ccccc1)c1ccc(F)cc1. The maximum Gasteiger partial charge on any atom is 0.254 e. The predicted octanol–water partition coefficient (Wildman–Crippen LogP) is 5.61. The first-order valence-electron chi connectivity index (χ1n) is 13.3. The van der Waals surface area contributed by atoms with Gasteiger partial charge in [-0.05, 0) is 49.6 Å². The molecule has 2 heterocycles. The zero-order valence-corrected chi connectivity index (χ0v) is 23.0. The fourth-order valence-corrected chi connectivity index (χ4v) is 4.41. The minimum Gasteiger partial charge on any atom is -0.362 e. The van der Waals surface area contributed by atoms with Crippen molar-refractivity contribution in [2.75, 3.05) is 36.2 Å². The number of amides is 2. The van der Waals surface area contributed by atoms with Crippen LogP contribution < -0.4 is 15.5 Å². The van der Waals surface area contributed by atoms with Gasteiger partial charge in [0.25, 0.3) is 5.91 Å². The van der Waals surface area contributed by atoms with Crippen LogP contribution in [0, 0.1) is 11.6 Å². The van der Waals surface area contributed by atoms with Crippen LogP contribution in [0.3, 0.4) is 0 Å². The van der Waals surface area contributed by atoms with E-state index in [0.29, 0.717) is 17.3 Å². The number of anilines is 4. The van der Waals surface area contributed by atoms with Gasteiger partial charge in [0.1, 0.15) is 12.4 Å². The van der Waals surface area contributed by atoms with Crippen molar-refractivity contribution in [2.45, 2.75) is 31.7 Å². The van der Waals surface area contributed by atoms with Crippen LogP contribution in [0.5, 0.6) is 0 Å². The molecule has 5 rings (SSSR count). The standard InChI is InChI=1S/C30H31F2N7O2/c1-18(19-11-13-22(31)14-12-19)33-29-25(39(3)27(40)17-38(2)30(41)21-7-5-4-6-8-21)15-23(32)28(35-29)34-26-16-24(36-37-26)20-9-10-20/h4-8,11-16,18,20H,9-10,17H2,1-3H3,(H3,33,34,35,36,37)/t18-/m0/s1. The Kier molecular flexibility index (Phi) is 7.95. The van der Waals surface area contributed by atoms with Crippen molar-refractivity contribution in [3.8, 4) is 0 Å². The van der Waals surface area contributed by atoms with Crippen LogP contribution in [0.2, 0.25) is 0 Å². The molecule has 9 nitrogen and oxygen atoms in total. The number of nitrogens with one attached hydrogen (secondary N) is 3. The Labute approximate surface area is 236 Å². The normalized spacial score (nSPS) is 13.4. The molecule has 1 saturated carbocycles. The average molecular weight is 560 g/mol. The summed E-state index contributed by atoms with van der Waals surface area (Å²) < 4.78 is 28.9. The highest BCUT2D eigenvalue weighted by Crippen LogP contribution is 2.40. The van der Waals surface area contributed by atoms with Gasteiger partial charge in [-0.3, -0.25) is 14.7 Å². The van der Waals surface area contributed by atoms with Crippen molar-refractivity contribution in [3.63, 3.8) is 0 Å². The summed E-state index contributed by atoms with van der Waals surface area (Å²) in [6, 6.07) is 17.3. The number of pyridine rings is 1. The molecular weight excluding hydrogens is 528 g/mol. The van der Waals surface area contributed by atoms with Crippen LogP contribution in [0.1, 0.15) is 53.3 Å². The van der Waals surface area contributed by atoms with E-state index in [-0.39, 0.29) is 41.6 Å². The number of carbonyl (C=O) groups is 2. The van der Waals surface area contributed by atoms with E-state index < -0.39 is 11.7 Å². The van der Waals surface area contributed by atoms with E-state index in [0.717, 1.165) is 24.1 Å². The third kappa shape index (κ3) is 6.51. The Balaban J connectivity index is 1.40. The highest BCUT2D eigenvalue weighted by Gasteiger charge is 2.27. The lowest BCUT2D eigenvalue weighted by Crippen LogP contribution is -2.39. The summed E-state index contributed by atoms with van der Waals surface area (Å²) in [5.41, 5.74) is 2.37. The Bertz CT molecular complexity index is 1540. The van der Waals surface area contributed by atoms with Crippen molar-refractivity contribution in [1.29, 1.82) is 0 Å². The number of benzene rings is 2. The maximum absolute atomic E-state index is 15.4. The summed E-state index contributed by atoms with van der Waals surface area (Å²) in [5.74, 6) is -0.805. The van der Waals surface area contributed by atoms with Gasteiger partial charge >= 0.3 is 0 Å². The maximum atomic E-state index is 15.4. The number of nitrogens with zero attached hydrogens (tertiary/aromatic N) is 4. The second-order valence-corrected chi connectivity index (χ2v) is 10.2. The lowest BCUT2D eigenvalue weighted by molar-refractivity contribution is -0.118. The molecule has 0 radical (unpaired) electrons. The van der Waals surface area contributed by atoms with Gasteiger partial charge in [0.2, 0.25) is 5.91 Å². The first-order valence-corrected chi connectivity index (χ1v) is 13.3. The van der Waals surface area contributed by atoms with Crippen molar-refractivity contribution in [1.82, 2.24) is 20.1 Å². The van der Waals surface area contributed by atoms with Gasteiger partial charge in [-0.2, -0.15) is 5.10 Å². The molecular formula is C30H31F2N7O2. The lowest BCUT2D eigenvalue weighted by Gasteiger charge is -2.26. The van der Waals surface area contributed by atoms with E-state index in [1.165, 1.54) is 42.1 Å². The third-order valence-corrected chi connectivity index (χ3v) is 7.02. The first-order chi connectivity index (χ1) is 19.7. The highest BCUT2D eigenvalue weighted by atomic mass is 19.1. The van der Waals surface area contributed by atoms with Crippen LogP contribution in [0.15, 0.2) is 66.7 Å². The molecule has 1 fully saturated rings. The highest BCUT2D eigenvalue weighted by molar-refractivity contribution is 6.01. The molecule has 4 aromatic rings. The predicted molar refractivity (Wildman–Crippen MR) is 153 cm³/mol. The number of carbonyl (C=O) groups excluding carboxylic acids is 2. The zero-order chi connectivity index (χ0) is 29.1. The van der Waals surface area contributed by atoms with Gasteiger partial charge in [0.15, 0.2) is 23.3 Å². The first kappa shape index (κ1) is 27.8. The molecule has 2 amide bonds. The van der Waals surface area contributed by atoms with Gasteiger partial charge in [-0.25, -0.2) is 13.8 Å². The minimum atomic E-state index is -0.690. The Morgan fingerprint density at radius 3 is 2.41 bits per heavy atom. The number of aromatic nitrogens is 3. The summed E-state index contributed by atoms with van der Waals surface area (Å²) in [6.45, 7) is 1.61. The molecule has 41 heavy (non-hydrogen) atoms. The molecule has 0 saturated heterocycles. The van der Waals surface area contributed by atoms with Gasteiger partial charge in [0, 0.05) is 43.4 Å². The monoisotopic (exact) mass is 559 g/mol. The second kappa shape index (κ2) is 11.7. The fraction of sp³-hybridized carbons (Fsp3) is 0.267. The van der Waals surface area contributed by atoms with Crippen LogP contribution in [-0.4, -0.2) is 52.5 Å². The zero-order valence-electron chi connectivity index (χ0n) is 23.0. The average Bonchev–Trinajstić information content (AvgIpc) is 3.72. The van der Waals surface area contributed by atoms with Crippen molar-refractivity contribution < 1.29 is 18.4 Å². The molecule has 2 aromatic carbocycles. The molecule has 1 aliphatic rings. The molecule has 1 aliphatic carbocycles. The molecule has 1 atom stereocenters. The summed E-state index contributed by atoms with van der Waals surface area (Å²) in [6.07, 6.45) is 2.18. The summed E-state index contributed by atoms with van der Waals surface area (Å²) in [7, 11) is 3.03. The topological polar surface area (TPSA) is 106 Å². The number of halogens is 2. The van der Waals surface area contributed by atoms with Crippen LogP contribution in [-0.2, 0) is 4.79 Å². The largest absolute Gasteiger partial charge is 0.362 e. The molecule has 0 unspecified atom stereocenters. The van der Waals surface area contributed by atoms with Gasteiger partial charge in [0.05, 0.1) is 11.7 Å². The number of rotatable bonds is 10. The molecule has 2 aromatic heterocycles. The van der Waals surface area contributed by atoms with Gasteiger partial charge < -0.3 is 20.4 Å². The van der Waals surface area contributed by atoms with E-state index in [9.17, 15) is 14.0 Å². The molecule has 0 spiro atoms. The summed E-state index contributed by atoms with van der Waals surface area (Å²) >= 11 is 0. The smallest absolute Gasteiger partial charge is 0.254 e. The quantitative estimate of drug-likeness (QED) is 0.233. The van der Waals surface area contributed by atoms with E-state index in [4.69, 9.17) is 0 Å². The van der Waals surface area contributed by atoms with Crippen LogP contribution in [0.25, 0.3) is 0 Å². The third-order valence-electron chi connectivity index (χ3n) is 7.02. The van der Waals surface area contributed by atoms with Crippen molar-refractivity contribution in [3.05, 3.63) is 95.2 Å². The lowest BCUT2D eigenvalue weighted by atomic mass is 10.1.